The van der Waals surface area contributed by atoms with Gasteiger partial charge in [-0.05, 0) is 30.4 Å². The topological polar surface area (TPSA) is 55.1 Å². The summed E-state index contributed by atoms with van der Waals surface area (Å²) in [5, 5.41) is 3.31. The fraction of sp³-hybridized carbons (Fsp3) is 0.462. The number of nitrogens with two attached hydrogens (primary N) is 1. The van der Waals surface area contributed by atoms with Crippen molar-refractivity contribution in [2.75, 3.05) is 0 Å². The normalized spacial score (nSPS) is 17.1. The summed E-state index contributed by atoms with van der Waals surface area (Å²) in [4.78, 5) is 11.5. The van der Waals surface area contributed by atoms with Gasteiger partial charge in [0.15, 0.2) is 0 Å². The first-order valence-corrected chi connectivity index (χ1v) is 5.85. The van der Waals surface area contributed by atoms with Gasteiger partial charge in [-0.2, -0.15) is 0 Å². The third-order valence-corrected chi connectivity index (χ3v) is 3.01. The van der Waals surface area contributed by atoms with Gasteiger partial charge in [0.1, 0.15) is 6.04 Å². The molecule has 1 aromatic carbocycles. The van der Waals surface area contributed by atoms with E-state index >= 15 is 0 Å². The van der Waals surface area contributed by atoms with Gasteiger partial charge in [-0.15, -0.1) is 0 Å². The number of aryl methyl sites for hydroxylation is 1. The maximum Gasteiger partial charge on any atom is 0.239 e. The standard InChI is InChI=1S/C13H18N2O/c1-2-9-5-3-4-6-11(9)12(13(14)16)15-10-7-8-10/h3-6,10,12,15H,2,7-8H2,1H3,(H2,14,16). The first-order chi connectivity index (χ1) is 7.72. The predicted octanol–water partition coefficient (Wildman–Crippen LogP) is 1.53. The molecule has 1 atom stereocenters. The molecule has 86 valence electrons. The summed E-state index contributed by atoms with van der Waals surface area (Å²) in [5.74, 6) is -0.284. The quantitative estimate of drug-likeness (QED) is 0.787. The van der Waals surface area contributed by atoms with Crippen molar-refractivity contribution in [1.82, 2.24) is 5.32 Å². The molecule has 1 aromatic rings. The molecule has 3 heteroatoms. The van der Waals surface area contributed by atoms with Gasteiger partial charge in [0.05, 0.1) is 0 Å². The highest BCUT2D eigenvalue weighted by Crippen LogP contribution is 2.26. The van der Waals surface area contributed by atoms with Crippen LogP contribution in [0.5, 0.6) is 0 Å². The number of carbonyl (C=O) groups is 1. The molecule has 3 nitrogen and oxygen atoms in total. The molecule has 1 aliphatic carbocycles. The van der Waals surface area contributed by atoms with Crippen LogP contribution in [-0.4, -0.2) is 11.9 Å². The Hall–Kier alpha value is -1.35. The van der Waals surface area contributed by atoms with E-state index in [4.69, 9.17) is 5.73 Å². The van der Waals surface area contributed by atoms with Crippen LogP contribution in [0.2, 0.25) is 0 Å². The highest BCUT2D eigenvalue weighted by atomic mass is 16.1. The molecular formula is C13H18N2O. The lowest BCUT2D eigenvalue weighted by atomic mass is 9.98. The fourth-order valence-corrected chi connectivity index (χ4v) is 1.95. The predicted molar refractivity (Wildman–Crippen MR) is 63.9 cm³/mol. The smallest absolute Gasteiger partial charge is 0.239 e. The highest BCUT2D eigenvalue weighted by Gasteiger charge is 2.28. The molecule has 0 bridgehead atoms. The van der Waals surface area contributed by atoms with Crippen molar-refractivity contribution >= 4 is 5.91 Å². The Morgan fingerprint density at radius 3 is 2.75 bits per heavy atom. The summed E-state index contributed by atoms with van der Waals surface area (Å²) in [7, 11) is 0. The van der Waals surface area contributed by atoms with E-state index in [1.54, 1.807) is 0 Å². The molecule has 2 rings (SSSR count). The molecule has 1 aliphatic rings. The summed E-state index contributed by atoms with van der Waals surface area (Å²) < 4.78 is 0. The monoisotopic (exact) mass is 218 g/mol. The van der Waals surface area contributed by atoms with Gasteiger partial charge < -0.3 is 5.73 Å². The van der Waals surface area contributed by atoms with Gasteiger partial charge in [-0.1, -0.05) is 31.2 Å². The van der Waals surface area contributed by atoms with Crippen LogP contribution in [0.3, 0.4) is 0 Å². The maximum atomic E-state index is 11.5. The van der Waals surface area contributed by atoms with Crippen molar-refractivity contribution in [2.24, 2.45) is 5.73 Å². The second kappa shape index (κ2) is 4.66. The van der Waals surface area contributed by atoms with Crippen LogP contribution in [0.4, 0.5) is 0 Å². The Morgan fingerprint density at radius 1 is 1.50 bits per heavy atom. The van der Waals surface area contributed by atoms with Crippen LogP contribution >= 0.6 is 0 Å². The maximum absolute atomic E-state index is 11.5. The second-order valence-corrected chi connectivity index (χ2v) is 4.33. The zero-order valence-corrected chi connectivity index (χ0v) is 9.57. The summed E-state index contributed by atoms with van der Waals surface area (Å²) in [6.07, 6.45) is 3.22. The van der Waals surface area contributed by atoms with Crippen LogP contribution < -0.4 is 11.1 Å². The first-order valence-electron chi connectivity index (χ1n) is 5.85. The summed E-state index contributed by atoms with van der Waals surface area (Å²) in [5.41, 5.74) is 7.69. The highest BCUT2D eigenvalue weighted by molar-refractivity contribution is 5.82. The minimum absolute atomic E-state index is 0.284. The second-order valence-electron chi connectivity index (χ2n) is 4.33. The van der Waals surface area contributed by atoms with Crippen molar-refractivity contribution in [3.63, 3.8) is 0 Å². The van der Waals surface area contributed by atoms with Crippen LogP contribution in [0.15, 0.2) is 24.3 Å². The minimum Gasteiger partial charge on any atom is -0.368 e. The number of amides is 1. The molecule has 0 spiro atoms. The van der Waals surface area contributed by atoms with Crippen molar-refractivity contribution in [2.45, 2.75) is 38.3 Å². The average Bonchev–Trinajstić information content (AvgIpc) is 3.09. The van der Waals surface area contributed by atoms with E-state index < -0.39 is 0 Å². The molecule has 0 aromatic heterocycles. The lowest BCUT2D eigenvalue weighted by Gasteiger charge is -2.18. The first kappa shape index (κ1) is 11.1. The number of carbonyl (C=O) groups excluding carboxylic acids is 1. The lowest BCUT2D eigenvalue weighted by Crippen LogP contribution is -2.35. The molecule has 0 heterocycles. The van der Waals surface area contributed by atoms with Crippen LogP contribution in [0.1, 0.15) is 36.9 Å². The van der Waals surface area contributed by atoms with E-state index in [2.05, 4.69) is 18.3 Å². The summed E-state index contributed by atoms with van der Waals surface area (Å²) in [6.45, 7) is 2.09. The van der Waals surface area contributed by atoms with E-state index in [0.717, 1.165) is 24.8 Å². The number of nitrogens with one attached hydrogen (secondary N) is 1. The van der Waals surface area contributed by atoms with E-state index in [0.29, 0.717) is 6.04 Å². The molecular weight excluding hydrogens is 200 g/mol. The summed E-state index contributed by atoms with van der Waals surface area (Å²) >= 11 is 0. The molecule has 3 N–H and O–H groups in total. The zero-order chi connectivity index (χ0) is 11.5. The molecule has 0 aliphatic heterocycles. The molecule has 1 fully saturated rings. The van der Waals surface area contributed by atoms with Crippen molar-refractivity contribution in [3.05, 3.63) is 35.4 Å². The van der Waals surface area contributed by atoms with Gasteiger partial charge in [0, 0.05) is 6.04 Å². The molecule has 1 unspecified atom stereocenters. The number of hydrogen-bond donors (Lipinski definition) is 2. The molecule has 0 radical (unpaired) electrons. The van der Waals surface area contributed by atoms with Gasteiger partial charge >= 0.3 is 0 Å². The van der Waals surface area contributed by atoms with Crippen LogP contribution in [-0.2, 0) is 11.2 Å². The average molecular weight is 218 g/mol. The third-order valence-electron chi connectivity index (χ3n) is 3.01. The Labute approximate surface area is 96.0 Å². The van der Waals surface area contributed by atoms with Gasteiger partial charge in [-0.3, -0.25) is 10.1 Å². The number of primary amides is 1. The van der Waals surface area contributed by atoms with Crippen LogP contribution in [0.25, 0.3) is 0 Å². The van der Waals surface area contributed by atoms with E-state index in [1.165, 1.54) is 5.56 Å². The zero-order valence-electron chi connectivity index (χ0n) is 9.57. The van der Waals surface area contributed by atoms with Gasteiger partial charge in [0.25, 0.3) is 0 Å². The van der Waals surface area contributed by atoms with Gasteiger partial charge in [-0.25, -0.2) is 0 Å². The fourth-order valence-electron chi connectivity index (χ4n) is 1.95. The lowest BCUT2D eigenvalue weighted by molar-refractivity contribution is -0.120. The van der Waals surface area contributed by atoms with E-state index in [1.807, 2.05) is 18.2 Å². The third kappa shape index (κ3) is 2.42. The van der Waals surface area contributed by atoms with Crippen molar-refractivity contribution < 1.29 is 4.79 Å². The molecule has 1 amide bonds. The Kier molecular flexibility index (Phi) is 3.25. The number of rotatable bonds is 5. The minimum atomic E-state index is -0.330. The van der Waals surface area contributed by atoms with Gasteiger partial charge in [0.2, 0.25) is 5.91 Å². The van der Waals surface area contributed by atoms with E-state index in [-0.39, 0.29) is 11.9 Å². The SMILES string of the molecule is CCc1ccccc1C(NC1CC1)C(N)=O. The Bertz CT molecular complexity index is 385. The summed E-state index contributed by atoms with van der Waals surface area (Å²) in [6, 6.07) is 8.14. The number of benzene rings is 1. The molecule has 0 saturated heterocycles. The van der Waals surface area contributed by atoms with E-state index in [9.17, 15) is 4.79 Å². The largest absolute Gasteiger partial charge is 0.368 e. The molecule has 16 heavy (non-hydrogen) atoms. The van der Waals surface area contributed by atoms with Crippen LogP contribution in [0, 0.1) is 0 Å². The van der Waals surface area contributed by atoms with Crippen molar-refractivity contribution in [1.29, 1.82) is 0 Å². The molecule has 1 saturated carbocycles. The Morgan fingerprint density at radius 2 is 2.19 bits per heavy atom. The number of hydrogen-bond acceptors (Lipinski definition) is 2. The Balaban J connectivity index is 2.25. The van der Waals surface area contributed by atoms with Crippen molar-refractivity contribution in [3.8, 4) is 0 Å².